The molecule has 0 aromatic carbocycles. The van der Waals surface area contributed by atoms with Gasteiger partial charge in [-0.1, -0.05) is 11.6 Å². The summed E-state index contributed by atoms with van der Waals surface area (Å²) in [5, 5.41) is 6.40. The molecule has 0 spiro atoms. The van der Waals surface area contributed by atoms with Crippen molar-refractivity contribution in [3.8, 4) is 0 Å². The van der Waals surface area contributed by atoms with E-state index in [1.165, 1.54) is 7.11 Å². The van der Waals surface area contributed by atoms with Crippen molar-refractivity contribution in [1.29, 1.82) is 0 Å². The van der Waals surface area contributed by atoms with Crippen molar-refractivity contribution in [1.82, 2.24) is 15.2 Å². The number of hydrogen-bond donors (Lipinski definition) is 0. The zero-order valence-corrected chi connectivity index (χ0v) is 7.43. The Hall–Kier alpha value is -0.940. The van der Waals surface area contributed by atoms with Gasteiger partial charge in [-0.05, 0) is 11.6 Å². The van der Waals surface area contributed by atoms with Crippen LogP contribution >= 0.6 is 23.2 Å². The molecule has 1 rings (SSSR count). The summed E-state index contributed by atoms with van der Waals surface area (Å²) in [7, 11) is 1.20. The van der Waals surface area contributed by atoms with E-state index < -0.39 is 5.97 Å². The van der Waals surface area contributed by atoms with E-state index in [2.05, 4.69) is 19.9 Å². The molecule has 12 heavy (non-hydrogen) atoms. The zero-order chi connectivity index (χ0) is 9.14. The van der Waals surface area contributed by atoms with E-state index in [1.807, 2.05) is 0 Å². The lowest BCUT2D eigenvalue weighted by molar-refractivity contribution is 0.0593. The van der Waals surface area contributed by atoms with Crippen LogP contribution in [-0.4, -0.2) is 28.3 Å². The quantitative estimate of drug-likeness (QED) is 0.643. The fourth-order valence-electron chi connectivity index (χ4n) is 0.520. The Morgan fingerprint density at radius 1 is 1.42 bits per heavy atom. The molecular formula is C5H3Cl2N3O2. The van der Waals surface area contributed by atoms with E-state index in [0.717, 1.165) is 0 Å². The lowest BCUT2D eigenvalue weighted by atomic mass is 10.5. The summed E-state index contributed by atoms with van der Waals surface area (Å²) < 4.78 is 4.36. The molecule has 0 bridgehead atoms. The summed E-state index contributed by atoms with van der Waals surface area (Å²) in [6, 6.07) is 0. The predicted molar refractivity (Wildman–Crippen MR) is 41.2 cm³/mol. The number of methoxy groups -OCH3 is 1. The molecule has 0 aliphatic carbocycles. The van der Waals surface area contributed by atoms with Gasteiger partial charge >= 0.3 is 5.97 Å². The van der Waals surface area contributed by atoms with Gasteiger partial charge in [-0.2, -0.15) is 0 Å². The van der Waals surface area contributed by atoms with Gasteiger partial charge in [0.05, 0.1) is 7.11 Å². The van der Waals surface area contributed by atoms with Crippen molar-refractivity contribution >= 4 is 29.2 Å². The number of nitrogens with zero attached hydrogens (tertiary/aromatic N) is 3. The van der Waals surface area contributed by atoms with E-state index in [1.54, 1.807) is 0 Å². The maximum atomic E-state index is 10.9. The normalized spacial score (nSPS) is 9.58. The molecular weight excluding hydrogens is 205 g/mol. The average Bonchev–Trinajstić information content (AvgIpc) is 2.08. The first-order valence-electron chi connectivity index (χ1n) is 2.79. The second kappa shape index (κ2) is 3.64. The summed E-state index contributed by atoms with van der Waals surface area (Å²) in [5.74, 6) is -0.697. The van der Waals surface area contributed by atoms with E-state index in [4.69, 9.17) is 23.2 Å². The molecule has 5 nitrogen and oxygen atoms in total. The summed E-state index contributed by atoms with van der Waals surface area (Å²) in [5.41, 5.74) is -0.140. The Balaban J connectivity index is 3.13. The van der Waals surface area contributed by atoms with Gasteiger partial charge in [-0.3, -0.25) is 0 Å². The third kappa shape index (κ3) is 1.80. The minimum Gasteiger partial charge on any atom is -0.464 e. The summed E-state index contributed by atoms with van der Waals surface area (Å²) in [6.07, 6.45) is 0. The molecule has 0 saturated heterocycles. The monoisotopic (exact) mass is 207 g/mol. The number of aromatic nitrogens is 3. The van der Waals surface area contributed by atoms with Gasteiger partial charge in [-0.15, -0.1) is 10.2 Å². The van der Waals surface area contributed by atoms with Crippen LogP contribution in [0, 0.1) is 0 Å². The largest absolute Gasteiger partial charge is 0.464 e. The van der Waals surface area contributed by atoms with Crippen LogP contribution in [0.3, 0.4) is 0 Å². The molecule has 0 atom stereocenters. The van der Waals surface area contributed by atoms with E-state index in [0.29, 0.717) is 0 Å². The van der Waals surface area contributed by atoms with Crippen LogP contribution in [0.5, 0.6) is 0 Å². The first kappa shape index (κ1) is 9.15. The van der Waals surface area contributed by atoms with E-state index in [-0.39, 0.29) is 16.1 Å². The van der Waals surface area contributed by atoms with Crippen LogP contribution in [0.2, 0.25) is 10.4 Å². The molecule has 0 saturated carbocycles. The van der Waals surface area contributed by atoms with Crippen molar-refractivity contribution < 1.29 is 9.53 Å². The fraction of sp³-hybridized carbons (Fsp3) is 0.200. The molecule has 64 valence electrons. The van der Waals surface area contributed by atoms with Gasteiger partial charge in [0.1, 0.15) is 0 Å². The second-order valence-corrected chi connectivity index (χ2v) is 2.41. The number of halogens is 2. The highest BCUT2D eigenvalue weighted by Crippen LogP contribution is 2.11. The average molecular weight is 208 g/mol. The highest BCUT2D eigenvalue weighted by Gasteiger charge is 2.14. The molecule has 1 aromatic heterocycles. The van der Waals surface area contributed by atoms with Crippen LogP contribution in [-0.2, 0) is 4.74 Å². The minimum atomic E-state index is -0.697. The van der Waals surface area contributed by atoms with Crippen molar-refractivity contribution in [3.63, 3.8) is 0 Å². The molecule has 7 heteroatoms. The summed E-state index contributed by atoms with van der Waals surface area (Å²) in [4.78, 5) is 14.4. The molecule has 0 amide bonds. The highest BCUT2D eigenvalue weighted by atomic mass is 35.5. The van der Waals surface area contributed by atoms with Crippen molar-refractivity contribution in [3.05, 3.63) is 16.1 Å². The number of esters is 1. The SMILES string of the molecule is COC(=O)c1nc(Cl)nnc1Cl. The molecule has 0 aliphatic heterocycles. The lowest BCUT2D eigenvalue weighted by Gasteiger charge is -1.98. The van der Waals surface area contributed by atoms with Crippen molar-refractivity contribution in [2.45, 2.75) is 0 Å². The van der Waals surface area contributed by atoms with Crippen LogP contribution < -0.4 is 0 Å². The molecule has 1 heterocycles. The number of rotatable bonds is 1. The number of hydrogen-bond acceptors (Lipinski definition) is 5. The first-order valence-corrected chi connectivity index (χ1v) is 3.54. The van der Waals surface area contributed by atoms with Gasteiger partial charge in [0, 0.05) is 0 Å². The van der Waals surface area contributed by atoms with Crippen LogP contribution in [0.25, 0.3) is 0 Å². The molecule has 1 aromatic rings. The summed E-state index contributed by atoms with van der Waals surface area (Å²) in [6.45, 7) is 0. The van der Waals surface area contributed by atoms with Crippen LogP contribution in [0.1, 0.15) is 10.5 Å². The minimum absolute atomic E-state index is 0.133. The highest BCUT2D eigenvalue weighted by molar-refractivity contribution is 6.32. The van der Waals surface area contributed by atoms with E-state index in [9.17, 15) is 4.79 Å². The van der Waals surface area contributed by atoms with Crippen LogP contribution in [0.15, 0.2) is 0 Å². The third-order valence-electron chi connectivity index (χ3n) is 0.999. The van der Waals surface area contributed by atoms with Crippen molar-refractivity contribution in [2.24, 2.45) is 0 Å². The lowest BCUT2D eigenvalue weighted by Crippen LogP contribution is -2.07. The first-order chi connectivity index (χ1) is 5.65. The van der Waals surface area contributed by atoms with Crippen molar-refractivity contribution in [2.75, 3.05) is 7.11 Å². The van der Waals surface area contributed by atoms with Gasteiger partial charge in [0.25, 0.3) is 0 Å². The number of carbonyl (C=O) groups excluding carboxylic acids is 1. The molecule has 0 unspecified atom stereocenters. The van der Waals surface area contributed by atoms with Gasteiger partial charge in [-0.25, -0.2) is 9.78 Å². The smallest absolute Gasteiger partial charge is 0.360 e. The van der Waals surface area contributed by atoms with Crippen LogP contribution in [0.4, 0.5) is 0 Å². The molecule has 0 fully saturated rings. The Bertz CT molecular complexity index is 318. The number of carbonyl (C=O) groups is 1. The van der Waals surface area contributed by atoms with Gasteiger partial charge in [0.2, 0.25) is 5.28 Å². The summed E-state index contributed by atoms with van der Waals surface area (Å²) >= 11 is 10.8. The molecule has 0 aliphatic rings. The van der Waals surface area contributed by atoms with Gasteiger partial charge in [0.15, 0.2) is 10.8 Å². The van der Waals surface area contributed by atoms with E-state index >= 15 is 0 Å². The Kier molecular flexibility index (Phi) is 2.78. The zero-order valence-electron chi connectivity index (χ0n) is 5.91. The maximum absolute atomic E-state index is 10.9. The Labute approximate surface area is 77.7 Å². The Morgan fingerprint density at radius 2 is 2.08 bits per heavy atom. The maximum Gasteiger partial charge on any atom is 0.360 e. The third-order valence-corrected chi connectivity index (χ3v) is 1.41. The topological polar surface area (TPSA) is 65.0 Å². The molecule has 0 N–H and O–H groups in total. The number of ether oxygens (including phenoxy) is 1. The second-order valence-electron chi connectivity index (χ2n) is 1.71. The Morgan fingerprint density at radius 3 is 2.67 bits per heavy atom. The van der Waals surface area contributed by atoms with Gasteiger partial charge < -0.3 is 4.74 Å². The molecule has 0 radical (unpaired) electrons. The fourth-order valence-corrected chi connectivity index (χ4v) is 0.799. The predicted octanol–water partition coefficient (Wildman–Crippen LogP) is 0.965. The standard InChI is InChI=1S/C5H3Cl2N3O2/c1-12-4(11)2-3(6)9-10-5(7)8-2/h1H3.